The average molecular weight is 353 g/mol. The normalized spacial score (nSPS) is 12.3. The number of aliphatic hydroxyl groups is 1. The molecular formula is C20H17BrO. The van der Waals surface area contributed by atoms with Gasteiger partial charge in [-0.2, -0.15) is 0 Å². The van der Waals surface area contributed by atoms with Gasteiger partial charge in [-0.25, -0.2) is 0 Å². The number of rotatable bonds is 4. The van der Waals surface area contributed by atoms with E-state index in [1.807, 2.05) is 60.7 Å². The molecule has 0 fully saturated rings. The van der Waals surface area contributed by atoms with Crippen molar-refractivity contribution in [3.8, 4) is 0 Å². The Kier molecular flexibility index (Phi) is 4.71. The van der Waals surface area contributed by atoms with Crippen molar-refractivity contribution in [2.45, 2.75) is 12.0 Å². The van der Waals surface area contributed by atoms with Crippen LogP contribution in [-0.4, -0.2) is 5.11 Å². The number of hydrogen-bond acceptors (Lipinski definition) is 1. The Hall–Kier alpha value is -1.90. The maximum absolute atomic E-state index is 11.0. The van der Waals surface area contributed by atoms with Crippen LogP contribution < -0.4 is 0 Å². The van der Waals surface area contributed by atoms with Gasteiger partial charge in [-0.1, -0.05) is 88.7 Å². The van der Waals surface area contributed by atoms with Crippen molar-refractivity contribution in [3.63, 3.8) is 0 Å². The van der Waals surface area contributed by atoms with E-state index in [2.05, 4.69) is 40.2 Å². The summed E-state index contributed by atoms with van der Waals surface area (Å²) in [6.45, 7) is 0. The monoisotopic (exact) mass is 352 g/mol. The summed E-state index contributed by atoms with van der Waals surface area (Å²) in [6, 6.07) is 28.2. The summed E-state index contributed by atoms with van der Waals surface area (Å²) in [6.07, 6.45) is -0.585. The molecule has 1 atom stereocenters. The summed E-state index contributed by atoms with van der Waals surface area (Å²) >= 11 is 3.44. The Morgan fingerprint density at radius 2 is 1.05 bits per heavy atom. The molecule has 1 nitrogen and oxygen atoms in total. The van der Waals surface area contributed by atoms with Gasteiger partial charge in [0.2, 0.25) is 0 Å². The van der Waals surface area contributed by atoms with Crippen molar-refractivity contribution >= 4 is 15.9 Å². The van der Waals surface area contributed by atoms with Crippen molar-refractivity contribution < 1.29 is 5.11 Å². The van der Waals surface area contributed by atoms with Gasteiger partial charge in [-0.3, -0.25) is 0 Å². The average Bonchev–Trinajstić information content (AvgIpc) is 2.57. The van der Waals surface area contributed by atoms with Gasteiger partial charge in [0.25, 0.3) is 0 Å². The molecule has 110 valence electrons. The maximum atomic E-state index is 11.0. The summed E-state index contributed by atoms with van der Waals surface area (Å²) in [4.78, 5) is 0. The fourth-order valence-corrected chi connectivity index (χ4v) is 2.99. The number of benzene rings is 3. The smallest absolute Gasteiger partial charge is 0.0899 e. The van der Waals surface area contributed by atoms with E-state index < -0.39 is 6.10 Å². The summed E-state index contributed by atoms with van der Waals surface area (Å²) in [5.74, 6) is -0.0800. The molecule has 0 aromatic heterocycles. The lowest BCUT2D eigenvalue weighted by atomic mass is 9.84. The van der Waals surface area contributed by atoms with Crippen molar-refractivity contribution in [1.82, 2.24) is 0 Å². The standard InChI is InChI=1S/C20H17BrO/c21-18-13-11-17(12-14-18)20(22)19(15-7-3-1-4-8-15)16-9-5-2-6-10-16/h1-14,19-20,22H. The molecule has 3 aromatic rings. The van der Waals surface area contributed by atoms with Gasteiger partial charge < -0.3 is 5.11 Å². The largest absolute Gasteiger partial charge is 0.387 e. The lowest BCUT2D eigenvalue weighted by Crippen LogP contribution is -2.12. The third kappa shape index (κ3) is 3.29. The zero-order valence-corrected chi connectivity index (χ0v) is 13.6. The highest BCUT2D eigenvalue weighted by atomic mass is 79.9. The molecular weight excluding hydrogens is 336 g/mol. The maximum Gasteiger partial charge on any atom is 0.0899 e. The zero-order chi connectivity index (χ0) is 15.4. The Bertz CT molecular complexity index is 668. The minimum absolute atomic E-state index is 0.0800. The highest BCUT2D eigenvalue weighted by molar-refractivity contribution is 9.10. The SMILES string of the molecule is OC(c1ccc(Br)cc1)C(c1ccccc1)c1ccccc1. The molecule has 22 heavy (non-hydrogen) atoms. The topological polar surface area (TPSA) is 20.2 Å². The molecule has 0 heterocycles. The quantitative estimate of drug-likeness (QED) is 0.674. The first-order valence-corrected chi connectivity index (χ1v) is 8.08. The molecule has 3 rings (SSSR count). The van der Waals surface area contributed by atoms with Gasteiger partial charge in [0.15, 0.2) is 0 Å². The molecule has 2 heteroatoms. The second-order valence-corrected chi connectivity index (χ2v) is 6.21. The van der Waals surface area contributed by atoms with Gasteiger partial charge in [0.1, 0.15) is 0 Å². The minimum Gasteiger partial charge on any atom is -0.387 e. The molecule has 1 N–H and O–H groups in total. The van der Waals surface area contributed by atoms with E-state index in [0.29, 0.717) is 0 Å². The number of aliphatic hydroxyl groups excluding tert-OH is 1. The third-order valence-electron chi connectivity index (χ3n) is 3.84. The molecule has 0 aliphatic carbocycles. The van der Waals surface area contributed by atoms with Crippen molar-refractivity contribution in [3.05, 3.63) is 106 Å². The van der Waals surface area contributed by atoms with Gasteiger partial charge in [0.05, 0.1) is 6.10 Å². The van der Waals surface area contributed by atoms with Crippen LogP contribution in [0.1, 0.15) is 28.7 Å². The van der Waals surface area contributed by atoms with Crippen LogP contribution in [0.4, 0.5) is 0 Å². The van der Waals surface area contributed by atoms with Crippen LogP contribution in [0.5, 0.6) is 0 Å². The molecule has 0 amide bonds. The van der Waals surface area contributed by atoms with Crippen molar-refractivity contribution in [2.24, 2.45) is 0 Å². The van der Waals surface area contributed by atoms with Crippen LogP contribution in [0.15, 0.2) is 89.4 Å². The predicted molar refractivity (Wildman–Crippen MR) is 93.8 cm³/mol. The van der Waals surface area contributed by atoms with Crippen molar-refractivity contribution in [1.29, 1.82) is 0 Å². The molecule has 3 aromatic carbocycles. The molecule has 0 spiro atoms. The third-order valence-corrected chi connectivity index (χ3v) is 4.37. The van der Waals surface area contributed by atoms with E-state index in [4.69, 9.17) is 0 Å². The highest BCUT2D eigenvalue weighted by Gasteiger charge is 2.24. The Labute approximate surface area is 139 Å². The van der Waals surface area contributed by atoms with Crippen LogP contribution in [0.3, 0.4) is 0 Å². The van der Waals surface area contributed by atoms with Gasteiger partial charge >= 0.3 is 0 Å². The fourth-order valence-electron chi connectivity index (χ4n) is 2.73. The molecule has 0 saturated heterocycles. The molecule has 0 saturated carbocycles. The molecule has 0 aliphatic rings. The van der Waals surface area contributed by atoms with E-state index in [0.717, 1.165) is 21.2 Å². The van der Waals surface area contributed by atoms with Crippen LogP contribution >= 0.6 is 15.9 Å². The second kappa shape index (κ2) is 6.91. The second-order valence-electron chi connectivity index (χ2n) is 5.30. The van der Waals surface area contributed by atoms with E-state index in [9.17, 15) is 5.11 Å². The predicted octanol–water partition coefficient (Wildman–Crippen LogP) is 5.31. The lowest BCUT2D eigenvalue weighted by Gasteiger charge is -2.24. The number of hydrogen-bond donors (Lipinski definition) is 1. The van der Waals surface area contributed by atoms with Crippen molar-refractivity contribution in [2.75, 3.05) is 0 Å². The van der Waals surface area contributed by atoms with Crippen LogP contribution in [0, 0.1) is 0 Å². The van der Waals surface area contributed by atoms with Crippen LogP contribution in [0.2, 0.25) is 0 Å². The zero-order valence-electron chi connectivity index (χ0n) is 12.1. The highest BCUT2D eigenvalue weighted by Crippen LogP contribution is 2.36. The van der Waals surface area contributed by atoms with E-state index in [1.54, 1.807) is 0 Å². The summed E-state index contributed by atoms with van der Waals surface area (Å²) in [5.41, 5.74) is 3.15. The summed E-state index contributed by atoms with van der Waals surface area (Å²) < 4.78 is 1.01. The molecule has 0 bridgehead atoms. The van der Waals surface area contributed by atoms with E-state index in [-0.39, 0.29) is 5.92 Å². The van der Waals surface area contributed by atoms with E-state index in [1.165, 1.54) is 0 Å². The first-order chi connectivity index (χ1) is 10.8. The Balaban J connectivity index is 2.04. The Morgan fingerprint density at radius 1 is 0.591 bits per heavy atom. The minimum atomic E-state index is -0.585. The summed E-state index contributed by atoms with van der Waals surface area (Å²) in [5, 5.41) is 11.0. The Morgan fingerprint density at radius 3 is 1.50 bits per heavy atom. The number of halogens is 1. The van der Waals surface area contributed by atoms with Gasteiger partial charge in [-0.15, -0.1) is 0 Å². The molecule has 0 radical (unpaired) electrons. The van der Waals surface area contributed by atoms with Gasteiger partial charge in [-0.05, 0) is 28.8 Å². The lowest BCUT2D eigenvalue weighted by molar-refractivity contribution is 0.159. The summed E-state index contributed by atoms with van der Waals surface area (Å²) in [7, 11) is 0. The van der Waals surface area contributed by atoms with E-state index >= 15 is 0 Å². The van der Waals surface area contributed by atoms with Crippen LogP contribution in [-0.2, 0) is 0 Å². The van der Waals surface area contributed by atoms with Crippen LogP contribution in [0.25, 0.3) is 0 Å². The van der Waals surface area contributed by atoms with Gasteiger partial charge in [0, 0.05) is 10.4 Å². The molecule has 0 aliphatic heterocycles. The first kappa shape index (κ1) is 15.0. The fraction of sp³-hybridized carbons (Fsp3) is 0.100. The first-order valence-electron chi connectivity index (χ1n) is 7.29. The molecule has 1 unspecified atom stereocenters.